The van der Waals surface area contributed by atoms with Gasteiger partial charge in [-0.1, -0.05) is 82.3 Å². The Balaban J connectivity index is 1.70. The fourth-order valence-electron chi connectivity index (χ4n) is 3.68. The predicted molar refractivity (Wildman–Crippen MR) is 132 cm³/mol. The smallest absolute Gasteiger partial charge is 0.319 e. The van der Waals surface area contributed by atoms with Gasteiger partial charge in [-0.25, -0.2) is 4.79 Å². The van der Waals surface area contributed by atoms with Gasteiger partial charge in [-0.15, -0.1) is 11.3 Å². The van der Waals surface area contributed by atoms with Gasteiger partial charge in [0.25, 0.3) is 0 Å². The monoisotopic (exact) mass is 435 g/mol. The molecule has 0 radical (unpaired) electrons. The van der Waals surface area contributed by atoms with Crippen molar-refractivity contribution in [1.29, 1.82) is 0 Å². The lowest BCUT2D eigenvalue weighted by Gasteiger charge is -2.22. The van der Waals surface area contributed by atoms with E-state index in [0.717, 1.165) is 28.9 Å². The molecule has 0 saturated carbocycles. The van der Waals surface area contributed by atoms with Gasteiger partial charge in [-0.2, -0.15) is 0 Å². The minimum atomic E-state index is -0.172. The Bertz CT molecular complexity index is 926. The Kier molecular flexibility index (Phi) is 8.27. The van der Waals surface area contributed by atoms with Crippen molar-refractivity contribution < 1.29 is 4.79 Å². The van der Waals surface area contributed by atoms with Crippen molar-refractivity contribution in [1.82, 2.24) is 10.6 Å². The van der Waals surface area contributed by atoms with E-state index in [2.05, 4.69) is 91.5 Å². The first-order valence-corrected chi connectivity index (χ1v) is 11.8. The summed E-state index contributed by atoms with van der Waals surface area (Å²) in [5.41, 5.74) is 4.42. The Morgan fingerprint density at radius 1 is 0.871 bits per heavy atom. The number of para-hydroxylation sites is 1. The molecule has 1 atom stereocenters. The highest BCUT2D eigenvalue weighted by atomic mass is 32.1. The number of carbonyl (C=O) groups is 1. The van der Waals surface area contributed by atoms with Crippen molar-refractivity contribution >= 4 is 23.1 Å². The molecule has 0 aliphatic rings. The summed E-state index contributed by atoms with van der Waals surface area (Å²) in [6, 6.07) is 20.6. The molecule has 3 N–H and O–H groups in total. The van der Waals surface area contributed by atoms with Gasteiger partial charge in [0, 0.05) is 29.7 Å². The van der Waals surface area contributed by atoms with Gasteiger partial charge in [0.2, 0.25) is 0 Å². The maximum absolute atomic E-state index is 12.9. The molecule has 0 aliphatic carbocycles. The molecule has 1 aromatic heterocycles. The van der Waals surface area contributed by atoms with Crippen LogP contribution in [-0.2, 0) is 6.54 Å². The molecule has 1 heterocycles. The van der Waals surface area contributed by atoms with E-state index in [1.165, 1.54) is 4.88 Å². The van der Waals surface area contributed by atoms with Crippen molar-refractivity contribution in [3.63, 3.8) is 0 Å². The number of thiophene rings is 1. The number of hydrogen-bond donors (Lipinski definition) is 3. The summed E-state index contributed by atoms with van der Waals surface area (Å²) in [5.74, 6) is 0.664. The third-order valence-electron chi connectivity index (χ3n) is 5.38. The van der Waals surface area contributed by atoms with Gasteiger partial charge in [-0.05, 0) is 40.0 Å². The number of nitrogens with one attached hydrogen (secondary N) is 3. The van der Waals surface area contributed by atoms with Crippen molar-refractivity contribution in [2.45, 2.75) is 52.1 Å². The molecule has 5 heteroatoms. The average molecular weight is 436 g/mol. The minimum absolute atomic E-state index is 0.0268. The number of anilines is 1. The predicted octanol–water partition coefficient (Wildman–Crippen LogP) is 6.65. The lowest BCUT2D eigenvalue weighted by atomic mass is 9.93. The molecule has 164 valence electrons. The van der Waals surface area contributed by atoms with Crippen LogP contribution in [0.1, 0.15) is 67.1 Å². The summed E-state index contributed by atoms with van der Waals surface area (Å²) in [6.07, 6.45) is 0. The SMILES string of the molecule is CC(C)c1cccc(C(C)C)c1NC(=O)NCC(NCc1cccs1)c1ccccc1. The number of urea groups is 1. The lowest BCUT2D eigenvalue weighted by molar-refractivity contribution is 0.250. The van der Waals surface area contributed by atoms with Gasteiger partial charge >= 0.3 is 6.03 Å². The molecule has 0 saturated heterocycles. The van der Waals surface area contributed by atoms with Crippen LogP contribution in [0.15, 0.2) is 66.0 Å². The topological polar surface area (TPSA) is 53.2 Å². The molecule has 0 bridgehead atoms. The van der Waals surface area contributed by atoms with Crippen LogP contribution < -0.4 is 16.0 Å². The zero-order valence-electron chi connectivity index (χ0n) is 18.8. The first-order chi connectivity index (χ1) is 15.0. The van der Waals surface area contributed by atoms with E-state index in [1.54, 1.807) is 11.3 Å². The second kappa shape index (κ2) is 11.1. The van der Waals surface area contributed by atoms with Crippen molar-refractivity contribution in [2.75, 3.05) is 11.9 Å². The normalized spacial score (nSPS) is 12.2. The zero-order valence-corrected chi connectivity index (χ0v) is 19.6. The Labute approximate surface area is 190 Å². The summed E-state index contributed by atoms with van der Waals surface area (Å²) >= 11 is 1.73. The van der Waals surface area contributed by atoms with Crippen LogP contribution in [0.25, 0.3) is 0 Å². The highest BCUT2D eigenvalue weighted by Gasteiger charge is 2.17. The fraction of sp³-hybridized carbons (Fsp3) is 0.346. The molecule has 2 amide bonds. The Morgan fingerprint density at radius 2 is 1.55 bits per heavy atom. The summed E-state index contributed by atoms with van der Waals surface area (Å²) in [6.45, 7) is 9.89. The van der Waals surface area contributed by atoms with E-state index >= 15 is 0 Å². The lowest BCUT2D eigenvalue weighted by Crippen LogP contribution is -2.37. The van der Waals surface area contributed by atoms with Crippen molar-refractivity contribution in [3.05, 3.63) is 87.6 Å². The molecule has 31 heavy (non-hydrogen) atoms. The van der Waals surface area contributed by atoms with Gasteiger partial charge in [0.15, 0.2) is 0 Å². The standard InChI is InChI=1S/C26H33N3OS/c1-18(2)22-13-8-14-23(19(3)4)25(22)29-26(30)28-17-24(20-10-6-5-7-11-20)27-16-21-12-9-15-31-21/h5-15,18-19,24,27H,16-17H2,1-4H3,(H2,28,29,30). The van der Waals surface area contributed by atoms with Crippen LogP contribution in [0, 0.1) is 0 Å². The van der Waals surface area contributed by atoms with Gasteiger partial charge in [0.05, 0.1) is 0 Å². The Hall–Kier alpha value is -2.63. The van der Waals surface area contributed by atoms with Gasteiger partial charge in [0.1, 0.15) is 0 Å². The highest BCUT2D eigenvalue weighted by Crippen LogP contribution is 2.32. The summed E-state index contributed by atoms with van der Waals surface area (Å²) in [5, 5.41) is 11.9. The molecule has 3 aromatic rings. The summed E-state index contributed by atoms with van der Waals surface area (Å²) in [7, 11) is 0. The number of carbonyl (C=O) groups excluding carboxylic acids is 1. The molecular formula is C26H33N3OS. The fourth-order valence-corrected chi connectivity index (χ4v) is 4.33. The number of amides is 2. The second-order valence-corrected chi connectivity index (χ2v) is 9.41. The molecule has 0 fully saturated rings. The molecule has 0 spiro atoms. The van der Waals surface area contributed by atoms with Crippen LogP contribution in [-0.4, -0.2) is 12.6 Å². The van der Waals surface area contributed by atoms with E-state index in [9.17, 15) is 4.79 Å². The molecular weight excluding hydrogens is 402 g/mol. The van der Waals surface area contributed by atoms with Crippen LogP contribution in [0.3, 0.4) is 0 Å². The van der Waals surface area contributed by atoms with Crippen LogP contribution in [0.5, 0.6) is 0 Å². The largest absolute Gasteiger partial charge is 0.336 e. The average Bonchev–Trinajstić information content (AvgIpc) is 3.28. The number of hydrogen-bond acceptors (Lipinski definition) is 3. The first-order valence-electron chi connectivity index (χ1n) is 10.9. The third kappa shape index (κ3) is 6.42. The highest BCUT2D eigenvalue weighted by molar-refractivity contribution is 7.09. The zero-order chi connectivity index (χ0) is 22.2. The number of benzene rings is 2. The molecule has 3 rings (SSSR count). The van der Waals surface area contributed by atoms with E-state index in [0.29, 0.717) is 18.4 Å². The van der Waals surface area contributed by atoms with E-state index in [1.807, 2.05) is 18.2 Å². The molecule has 0 aliphatic heterocycles. The molecule has 4 nitrogen and oxygen atoms in total. The van der Waals surface area contributed by atoms with Crippen molar-refractivity contribution in [2.24, 2.45) is 0 Å². The summed E-state index contributed by atoms with van der Waals surface area (Å²) in [4.78, 5) is 14.2. The van der Waals surface area contributed by atoms with Crippen LogP contribution in [0.2, 0.25) is 0 Å². The maximum Gasteiger partial charge on any atom is 0.319 e. The van der Waals surface area contributed by atoms with E-state index in [4.69, 9.17) is 0 Å². The minimum Gasteiger partial charge on any atom is -0.336 e. The second-order valence-electron chi connectivity index (χ2n) is 8.38. The van der Waals surface area contributed by atoms with E-state index < -0.39 is 0 Å². The Morgan fingerprint density at radius 3 is 2.13 bits per heavy atom. The van der Waals surface area contributed by atoms with E-state index in [-0.39, 0.29) is 12.1 Å². The van der Waals surface area contributed by atoms with Crippen LogP contribution in [0.4, 0.5) is 10.5 Å². The van der Waals surface area contributed by atoms with Crippen molar-refractivity contribution in [3.8, 4) is 0 Å². The first kappa shape index (κ1) is 23.0. The molecule has 2 aromatic carbocycles. The number of rotatable bonds is 9. The maximum atomic E-state index is 12.9. The van der Waals surface area contributed by atoms with Gasteiger partial charge in [-0.3, -0.25) is 0 Å². The van der Waals surface area contributed by atoms with Crippen LogP contribution >= 0.6 is 11.3 Å². The van der Waals surface area contributed by atoms with Gasteiger partial charge < -0.3 is 16.0 Å². The molecule has 1 unspecified atom stereocenters. The third-order valence-corrected chi connectivity index (χ3v) is 6.26. The summed E-state index contributed by atoms with van der Waals surface area (Å²) < 4.78 is 0. The quantitative estimate of drug-likeness (QED) is 0.352.